The highest BCUT2D eigenvalue weighted by molar-refractivity contribution is 6.77. The number of ether oxygens (including phenoxy) is 1. The molecular weight excluding hydrogens is 448 g/mol. The topological polar surface area (TPSA) is 102 Å². The molecule has 0 radical (unpaired) electrons. The van der Waals surface area contributed by atoms with E-state index in [1.807, 2.05) is 4.57 Å². The second kappa shape index (κ2) is 14.1. The molecule has 0 aromatic carbocycles. The molecule has 1 fully saturated rings. The number of H-pyrrole nitrogens is 1. The fourth-order valence-corrected chi connectivity index (χ4v) is 10.8. The molecule has 34 heavy (non-hydrogen) atoms. The Morgan fingerprint density at radius 1 is 1.15 bits per heavy atom. The zero-order chi connectivity index (χ0) is 26.1. The van der Waals surface area contributed by atoms with Gasteiger partial charge in [0, 0.05) is 13.7 Å². The summed E-state index contributed by atoms with van der Waals surface area (Å²) in [6.07, 6.45) is 6.04. The predicted molar refractivity (Wildman–Crippen MR) is 142 cm³/mol. The van der Waals surface area contributed by atoms with E-state index >= 15 is 0 Å². The monoisotopic (exact) mass is 496 g/mol. The normalized spacial score (nSPS) is 18.3. The highest BCUT2D eigenvalue weighted by atomic mass is 28.4. The molecule has 8 nitrogen and oxygen atoms in total. The number of nitrogens with one attached hydrogen (secondary N) is 1. The minimum atomic E-state index is -1.55. The maximum atomic E-state index is 11.7. The average Bonchev–Trinajstić information content (AvgIpc) is 3.42. The van der Waals surface area contributed by atoms with Crippen LogP contribution in [0, 0.1) is 6.92 Å². The number of aromatic nitrogens is 4. The Hall–Kier alpha value is -1.55. The summed E-state index contributed by atoms with van der Waals surface area (Å²) in [4.78, 5) is 22.9. The number of hydrogen-bond acceptors (Lipinski definition) is 6. The molecule has 9 heteroatoms. The average molecular weight is 497 g/mol. The summed E-state index contributed by atoms with van der Waals surface area (Å²) >= 11 is 0. The molecular formula is C25H48N4O4Si. The number of aliphatic hydroxyl groups is 1. The predicted octanol–water partition coefficient (Wildman–Crippen LogP) is 5.71. The zero-order valence-corrected chi connectivity index (χ0v) is 24.0. The minimum Gasteiger partial charge on any atom is -0.416 e. The van der Waals surface area contributed by atoms with Crippen LogP contribution in [0.4, 0.5) is 0 Å². The van der Waals surface area contributed by atoms with Crippen molar-refractivity contribution in [1.29, 1.82) is 0 Å². The van der Waals surface area contributed by atoms with Crippen LogP contribution in [-0.2, 0) is 9.16 Å². The van der Waals surface area contributed by atoms with E-state index in [2.05, 4.69) is 70.3 Å². The van der Waals surface area contributed by atoms with Gasteiger partial charge in [-0.3, -0.25) is 9.36 Å². The van der Waals surface area contributed by atoms with E-state index < -0.39 is 8.32 Å². The molecule has 0 bridgehead atoms. The lowest BCUT2D eigenvalue weighted by atomic mass is 10.2. The van der Waals surface area contributed by atoms with Crippen LogP contribution in [0.3, 0.4) is 0 Å². The number of aromatic amines is 1. The molecule has 2 aromatic rings. The fraction of sp³-hybridized carbons (Fsp3) is 0.800. The summed E-state index contributed by atoms with van der Waals surface area (Å²) in [6, 6.07) is 0. The molecule has 0 unspecified atom stereocenters. The molecule has 196 valence electrons. The van der Waals surface area contributed by atoms with Gasteiger partial charge in [-0.2, -0.15) is 0 Å². The number of nitrogens with zero attached hydrogens (tertiary/aromatic N) is 3. The summed E-state index contributed by atoms with van der Waals surface area (Å²) in [5.41, 5.74) is 2.94. The lowest BCUT2D eigenvalue weighted by molar-refractivity contribution is 0.00288. The first-order valence-corrected chi connectivity index (χ1v) is 14.9. The van der Waals surface area contributed by atoms with Gasteiger partial charge in [-0.25, -0.2) is 9.97 Å². The van der Waals surface area contributed by atoms with Gasteiger partial charge in [0.1, 0.15) is 12.1 Å². The molecule has 2 atom stereocenters. The van der Waals surface area contributed by atoms with Crippen molar-refractivity contribution in [1.82, 2.24) is 19.5 Å². The Balaban J connectivity index is 0.000000328. The Bertz CT molecular complexity index is 888. The maximum Gasteiger partial charge on any atom is 0.279 e. The molecule has 0 aliphatic carbocycles. The van der Waals surface area contributed by atoms with Gasteiger partial charge in [-0.05, 0) is 49.2 Å². The summed E-state index contributed by atoms with van der Waals surface area (Å²) in [5, 5.41) is 7.00. The number of imidazole rings is 1. The van der Waals surface area contributed by atoms with Gasteiger partial charge < -0.3 is 19.3 Å². The van der Waals surface area contributed by atoms with Crippen LogP contribution in [0.15, 0.2) is 11.1 Å². The quantitative estimate of drug-likeness (QED) is 0.454. The number of aryl methyl sites for hydroxylation is 1. The van der Waals surface area contributed by atoms with Crippen LogP contribution in [-0.4, -0.2) is 52.8 Å². The third kappa shape index (κ3) is 6.99. The van der Waals surface area contributed by atoms with E-state index in [4.69, 9.17) is 14.3 Å². The Labute approximate surface area is 206 Å². The molecule has 2 aromatic heterocycles. The Morgan fingerprint density at radius 3 is 2.21 bits per heavy atom. The molecule has 3 heterocycles. The van der Waals surface area contributed by atoms with Crippen LogP contribution < -0.4 is 5.56 Å². The Morgan fingerprint density at radius 2 is 1.74 bits per heavy atom. The van der Waals surface area contributed by atoms with E-state index in [0.29, 0.717) is 39.7 Å². The third-order valence-corrected chi connectivity index (χ3v) is 12.8. The first kappa shape index (κ1) is 30.5. The van der Waals surface area contributed by atoms with Crippen LogP contribution in [0.25, 0.3) is 11.2 Å². The van der Waals surface area contributed by atoms with E-state index in [9.17, 15) is 4.79 Å². The van der Waals surface area contributed by atoms with Crippen molar-refractivity contribution in [3.8, 4) is 0 Å². The van der Waals surface area contributed by atoms with Gasteiger partial charge >= 0.3 is 0 Å². The highest BCUT2D eigenvalue weighted by Gasteiger charge is 2.44. The summed E-state index contributed by atoms with van der Waals surface area (Å²) in [6.45, 7) is 21.0. The van der Waals surface area contributed by atoms with Crippen molar-refractivity contribution < 1.29 is 14.3 Å². The van der Waals surface area contributed by atoms with E-state index in [1.165, 1.54) is 0 Å². The summed E-state index contributed by atoms with van der Waals surface area (Å²) in [5.74, 6) is 0.597. The number of hydrogen-bond donors (Lipinski definition) is 2. The lowest BCUT2D eigenvalue weighted by Gasteiger charge is -2.42. The second-order valence-electron chi connectivity index (χ2n) is 9.84. The number of fused-ring (bicyclic) bond motifs is 1. The number of aliphatic hydroxyl groups excluding tert-OH is 1. The van der Waals surface area contributed by atoms with Gasteiger partial charge in [-0.15, -0.1) is 0 Å². The van der Waals surface area contributed by atoms with Crippen LogP contribution >= 0.6 is 0 Å². The molecule has 0 saturated carbocycles. The maximum absolute atomic E-state index is 11.7. The molecule has 1 saturated heterocycles. The van der Waals surface area contributed by atoms with Crippen LogP contribution in [0.5, 0.6) is 0 Å². The number of rotatable bonds is 8. The van der Waals surface area contributed by atoms with Gasteiger partial charge in [0.05, 0.1) is 12.4 Å². The smallest absolute Gasteiger partial charge is 0.279 e. The summed E-state index contributed by atoms with van der Waals surface area (Å²) in [7, 11) is -0.549. The van der Waals surface area contributed by atoms with E-state index in [1.54, 1.807) is 13.3 Å². The SMILES string of the molecule is CCCO[Si](C(C)C)(C(C)C)C(C)C.CC[C@@H]1CC[C@H](n2cnc3c(=O)[nH]c(C)nc32)O1.CO. The zero-order valence-electron chi connectivity index (χ0n) is 23.0. The molecule has 1 aliphatic heterocycles. The van der Waals surface area contributed by atoms with Crippen LogP contribution in [0.1, 0.15) is 93.1 Å². The standard InChI is InChI=1S/C12H16N4O2.C12H28OSi.CH4O/c1-3-8-4-5-9(18-8)16-6-13-10-11(16)14-7(2)15-12(10)17;1-8-9-13-14(10(2)3,11(4)5)12(6)7;1-2/h6,8-9H,3-5H2,1-2H3,(H,14,15,17);10-12H,8-9H2,1-7H3;2H,1H3/t8-,9-;;/m1../s1. The fourth-order valence-electron chi connectivity index (χ4n) is 5.22. The highest BCUT2D eigenvalue weighted by Crippen LogP contribution is 2.42. The van der Waals surface area contributed by atoms with Gasteiger partial charge in [0.15, 0.2) is 19.5 Å². The van der Waals surface area contributed by atoms with Crippen LogP contribution in [0.2, 0.25) is 16.6 Å². The molecule has 0 spiro atoms. The van der Waals surface area contributed by atoms with Crippen molar-refractivity contribution in [2.24, 2.45) is 0 Å². The molecule has 2 N–H and O–H groups in total. The van der Waals surface area contributed by atoms with Crippen molar-refractivity contribution >= 4 is 19.5 Å². The third-order valence-electron chi connectivity index (χ3n) is 6.66. The second-order valence-corrected chi connectivity index (χ2v) is 15.3. The van der Waals surface area contributed by atoms with E-state index in [0.717, 1.165) is 39.4 Å². The van der Waals surface area contributed by atoms with Crippen molar-refractivity contribution in [2.45, 2.75) is 117 Å². The summed E-state index contributed by atoms with van der Waals surface area (Å²) < 4.78 is 14.1. The first-order chi connectivity index (χ1) is 16.1. The largest absolute Gasteiger partial charge is 0.416 e. The van der Waals surface area contributed by atoms with Gasteiger partial charge in [-0.1, -0.05) is 55.4 Å². The molecule has 1 aliphatic rings. The van der Waals surface area contributed by atoms with Crippen molar-refractivity contribution in [3.63, 3.8) is 0 Å². The van der Waals surface area contributed by atoms with E-state index in [-0.39, 0.29) is 11.8 Å². The van der Waals surface area contributed by atoms with Crippen molar-refractivity contribution in [2.75, 3.05) is 13.7 Å². The van der Waals surface area contributed by atoms with Crippen molar-refractivity contribution in [3.05, 3.63) is 22.5 Å². The minimum absolute atomic E-state index is 0.0475. The Kier molecular flexibility index (Phi) is 12.7. The molecule has 0 amide bonds. The molecule has 3 rings (SSSR count). The van der Waals surface area contributed by atoms with Gasteiger partial charge in [0.25, 0.3) is 5.56 Å². The first-order valence-electron chi connectivity index (χ1n) is 12.8. The van der Waals surface area contributed by atoms with Gasteiger partial charge in [0.2, 0.25) is 0 Å². The lowest BCUT2D eigenvalue weighted by Crippen LogP contribution is -2.47.